The van der Waals surface area contributed by atoms with Crippen LogP contribution in [-0.2, 0) is 4.79 Å². The first-order valence-electron chi connectivity index (χ1n) is 6.50. The van der Waals surface area contributed by atoms with Crippen molar-refractivity contribution in [2.45, 2.75) is 58.5 Å². The standard InChI is InChI=1S/C13H24N2O/c1-13(2,3)9-15-8-4-5-11(12(15)16)14-10-6-7-10/h10-11,14H,4-9H2,1-3H3. The lowest BCUT2D eigenvalue weighted by Gasteiger charge is -2.36. The molecule has 0 radical (unpaired) electrons. The van der Waals surface area contributed by atoms with Crippen LogP contribution >= 0.6 is 0 Å². The van der Waals surface area contributed by atoms with Gasteiger partial charge in [-0.15, -0.1) is 0 Å². The fourth-order valence-corrected chi connectivity index (χ4v) is 2.36. The number of carbonyl (C=O) groups excluding carboxylic acids is 1. The van der Waals surface area contributed by atoms with E-state index in [9.17, 15) is 4.79 Å². The fraction of sp³-hybridized carbons (Fsp3) is 0.923. The van der Waals surface area contributed by atoms with E-state index in [0.29, 0.717) is 11.9 Å². The Balaban J connectivity index is 1.90. The van der Waals surface area contributed by atoms with Crippen molar-refractivity contribution in [1.82, 2.24) is 10.2 Å². The summed E-state index contributed by atoms with van der Waals surface area (Å²) in [5.41, 5.74) is 0.205. The van der Waals surface area contributed by atoms with E-state index < -0.39 is 0 Å². The van der Waals surface area contributed by atoms with Gasteiger partial charge in [-0.1, -0.05) is 20.8 Å². The highest BCUT2D eigenvalue weighted by Gasteiger charge is 2.34. The molecule has 1 atom stereocenters. The summed E-state index contributed by atoms with van der Waals surface area (Å²) in [6, 6.07) is 0.729. The number of hydrogen-bond donors (Lipinski definition) is 1. The number of likely N-dealkylation sites (tertiary alicyclic amines) is 1. The molecule has 1 N–H and O–H groups in total. The van der Waals surface area contributed by atoms with E-state index in [2.05, 4.69) is 26.1 Å². The molecule has 2 fully saturated rings. The van der Waals surface area contributed by atoms with Crippen molar-refractivity contribution in [3.8, 4) is 0 Å². The Morgan fingerprint density at radius 1 is 1.31 bits per heavy atom. The Hall–Kier alpha value is -0.570. The third kappa shape index (κ3) is 3.21. The molecule has 3 nitrogen and oxygen atoms in total. The summed E-state index contributed by atoms with van der Waals surface area (Å²) in [6.07, 6.45) is 4.67. The molecule has 1 unspecified atom stereocenters. The lowest BCUT2D eigenvalue weighted by Crippen LogP contribution is -2.53. The zero-order valence-electron chi connectivity index (χ0n) is 10.8. The van der Waals surface area contributed by atoms with Crippen LogP contribution < -0.4 is 5.32 Å². The Labute approximate surface area is 98.6 Å². The topological polar surface area (TPSA) is 32.3 Å². The second kappa shape index (κ2) is 4.36. The van der Waals surface area contributed by atoms with Crippen molar-refractivity contribution in [2.75, 3.05) is 13.1 Å². The van der Waals surface area contributed by atoms with Crippen LogP contribution in [0.5, 0.6) is 0 Å². The average molecular weight is 224 g/mol. The minimum Gasteiger partial charge on any atom is -0.341 e. The number of carbonyl (C=O) groups is 1. The van der Waals surface area contributed by atoms with Gasteiger partial charge < -0.3 is 10.2 Å². The van der Waals surface area contributed by atoms with Crippen LogP contribution in [0.25, 0.3) is 0 Å². The summed E-state index contributed by atoms with van der Waals surface area (Å²) in [6.45, 7) is 8.41. The number of amides is 1. The molecule has 2 rings (SSSR count). The Kier molecular flexibility index (Phi) is 3.24. The van der Waals surface area contributed by atoms with Gasteiger partial charge in [-0.2, -0.15) is 0 Å². The van der Waals surface area contributed by atoms with Crippen LogP contribution in [0, 0.1) is 5.41 Å². The molecule has 0 aromatic rings. The first-order valence-corrected chi connectivity index (χ1v) is 6.50. The maximum Gasteiger partial charge on any atom is 0.239 e. The van der Waals surface area contributed by atoms with Crippen LogP contribution in [0.4, 0.5) is 0 Å². The van der Waals surface area contributed by atoms with Gasteiger partial charge in [0.25, 0.3) is 0 Å². The van der Waals surface area contributed by atoms with Gasteiger partial charge in [0.15, 0.2) is 0 Å². The van der Waals surface area contributed by atoms with Crippen molar-refractivity contribution < 1.29 is 4.79 Å². The molecule has 0 bridgehead atoms. The van der Waals surface area contributed by atoms with Gasteiger partial charge >= 0.3 is 0 Å². The smallest absolute Gasteiger partial charge is 0.239 e. The monoisotopic (exact) mass is 224 g/mol. The van der Waals surface area contributed by atoms with Crippen LogP contribution in [0.1, 0.15) is 46.5 Å². The normalized spacial score (nSPS) is 27.3. The largest absolute Gasteiger partial charge is 0.341 e. The fourth-order valence-electron chi connectivity index (χ4n) is 2.36. The van der Waals surface area contributed by atoms with Crippen LogP contribution in [0.15, 0.2) is 0 Å². The van der Waals surface area contributed by atoms with Gasteiger partial charge in [0.2, 0.25) is 5.91 Å². The van der Waals surface area contributed by atoms with Gasteiger partial charge in [0.05, 0.1) is 6.04 Å². The molecular formula is C13H24N2O. The first-order chi connectivity index (χ1) is 7.46. The number of nitrogens with one attached hydrogen (secondary N) is 1. The van der Waals surface area contributed by atoms with E-state index in [1.807, 2.05) is 4.90 Å². The molecule has 3 heteroatoms. The molecule has 1 aliphatic heterocycles. The van der Waals surface area contributed by atoms with Gasteiger partial charge in [-0.25, -0.2) is 0 Å². The molecule has 2 aliphatic rings. The predicted octanol–water partition coefficient (Wildman–Crippen LogP) is 1.78. The van der Waals surface area contributed by atoms with E-state index in [4.69, 9.17) is 0 Å². The Bertz CT molecular complexity index is 266. The summed E-state index contributed by atoms with van der Waals surface area (Å²) in [7, 11) is 0. The number of nitrogens with zero attached hydrogens (tertiary/aromatic N) is 1. The van der Waals surface area contributed by atoms with Crippen LogP contribution in [0.3, 0.4) is 0 Å². The van der Waals surface area contributed by atoms with Crippen LogP contribution in [-0.4, -0.2) is 36.0 Å². The molecule has 16 heavy (non-hydrogen) atoms. The lowest BCUT2D eigenvalue weighted by molar-refractivity contribution is -0.137. The van der Waals surface area contributed by atoms with E-state index in [1.54, 1.807) is 0 Å². The van der Waals surface area contributed by atoms with E-state index in [0.717, 1.165) is 25.9 Å². The van der Waals surface area contributed by atoms with Crippen molar-refractivity contribution >= 4 is 5.91 Å². The molecule has 0 spiro atoms. The highest BCUT2D eigenvalue weighted by Crippen LogP contribution is 2.24. The van der Waals surface area contributed by atoms with E-state index >= 15 is 0 Å². The van der Waals surface area contributed by atoms with Crippen LogP contribution in [0.2, 0.25) is 0 Å². The molecule has 0 aromatic carbocycles. The highest BCUT2D eigenvalue weighted by molar-refractivity contribution is 5.82. The quantitative estimate of drug-likeness (QED) is 0.792. The number of piperidine rings is 1. The van der Waals surface area contributed by atoms with Gasteiger partial charge in [-0.3, -0.25) is 4.79 Å². The van der Waals surface area contributed by atoms with Crippen molar-refractivity contribution in [3.63, 3.8) is 0 Å². The molecule has 1 heterocycles. The third-order valence-corrected chi connectivity index (χ3v) is 3.21. The predicted molar refractivity (Wildman–Crippen MR) is 65.2 cm³/mol. The maximum absolute atomic E-state index is 12.2. The Morgan fingerprint density at radius 2 is 2.00 bits per heavy atom. The second-order valence-corrected chi connectivity index (χ2v) is 6.46. The minimum absolute atomic E-state index is 0.101. The molecular weight excluding hydrogens is 200 g/mol. The SMILES string of the molecule is CC(C)(C)CN1CCCC(NC2CC2)C1=O. The average Bonchev–Trinajstić information content (AvgIpc) is 2.93. The molecule has 0 aromatic heterocycles. The second-order valence-electron chi connectivity index (χ2n) is 6.46. The minimum atomic E-state index is 0.101. The number of hydrogen-bond acceptors (Lipinski definition) is 2. The first kappa shape index (κ1) is 11.9. The lowest BCUT2D eigenvalue weighted by atomic mass is 9.94. The summed E-state index contributed by atoms with van der Waals surface area (Å²) < 4.78 is 0. The van der Waals surface area contributed by atoms with Gasteiger partial charge in [-0.05, 0) is 31.1 Å². The highest BCUT2D eigenvalue weighted by atomic mass is 16.2. The molecule has 92 valence electrons. The zero-order valence-corrected chi connectivity index (χ0v) is 10.8. The summed E-state index contributed by atoms with van der Waals surface area (Å²) in [4.78, 5) is 14.3. The van der Waals surface area contributed by atoms with Crippen molar-refractivity contribution in [2.24, 2.45) is 5.41 Å². The third-order valence-electron chi connectivity index (χ3n) is 3.21. The van der Waals surface area contributed by atoms with E-state index in [1.165, 1.54) is 12.8 Å². The summed E-state index contributed by atoms with van der Waals surface area (Å²) in [5, 5.41) is 3.47. The summed E-state index contributed by atoms with van der Waals surface area (Å²) in [5.74, 6) is 0.327. The molecule has 1 saturated carbocycles. The number of rotatable bonds is 3. The maximum atomic E-state index is 12.2. The molecule has 1 aliphatic carbocycles. The molecule has 1 saturated heterocycles. The van der Waals surface area contributed by atoms with Gasteiger partial charge in [0, 0.05) is 19.1 Å². The Morgan fingerprint density at radius 3 is 2.56 bits per heavy atom. The van der Waals surface area contributed by atoms with Gasteiger partial charge in [0.1, 0.15) is 0 Å². The molecule has 1 amide bonds. The zero-order chi connectivity index (χ0) is 11.8. The van der Waals surface area contributed by atoms with Crippen molar-refractivity contribution in [1.29, 1.82) is 0 Å². The van der Waals surface area contributed by atoms with E-state index in [-0.39, 0.29) is 11.5 Å². The van der Waals surface area contributed by atoms with Crippen molar-refractivity contribution in [3.05, 3.63) is 0 Å². The summed E-state index contributed by atoms with van der Waals surface area (Å²) >= 11 is 0.